The van der Waals surface area contributed by atoms with Crippen LogP contribution in [-0.4, -0.2) is 41.1 Å². The molecule has 2 unspecified atom stereocenters. The SMILES string of the molecule is CC(C)N1CCCC(NC(CC(=O)O)c2cccs2)CC1. The number of hydrogen-bond acceptors (Lipinski definition) is 4. The summed E-state index contributed by atoms with van der Waals surface area (Å²) in [6.45, 7) is 6.73. The lowest BCUT2D eigenvalue weighted by molar-refractivity contribution is -0.137. The molecule has 0 radical (unpaired) electrons. The molecule has 21 heavy (non-hydrogen) atoms. The molecule has 1 aliphatic heterocycles. The Hall–Kier alpha value is -0.910. The van der Waals surface area contributed by atoms with Gasteiger partial charge in [0.15, 0.2) is 0 Å². The number of likely N-dealkylation sites (tertiary alicyclic amines) is 1. The van der Waals surface area contributed by atoms with Gasteiger partial charge in [-0.25, -0.2) is 0 Å². The Balaban J connectivity index is 1.95. The number of carboxylic acids is 1. The number of thiophene rings is 1. The summed E-state index contributed by atoms with van der Waals surface area (Å²) in [7, 11) is 0. The number of nitrogens with one attached hydrogen (secondary N) is 1. The number of carboxylic acid groups (broad SMARTS) is 1. The van der Waals surface area contributed by atoms with Gasteiger partial charge in [0.05, 0.1) is 12.5 Å². The lowest BCUT2D eigenvalue weighted by Gasteiger charge is -2.25. The van der Waals surface area contributed by atoms with Gasteiger partial charge in [0.1, 0.15) is 0 Å². The van der Waals surface area contributed by atoms with Gasteiger partial charge in [0.25, 0.3) is 0 Å². The second-order valence-corrected chi connectivity index (χ2v) is 7.07. The van der Waals surface area contributed by atoms with Crippen LogP contribution in [0, 0.1) is 0 Å². The van der Waals surface area contributed by atoms with E-state index in [4.69, 9.17) is 5.11 Å². The molecule has 0 aliphatic carbocycles. The summed E-state index contributed by atoms with van der Waals surface area (Å²) in [6.07, 6.45) is 3.56. The first-order chi connectivity index (χ1) is 10.1. The van der Waals surface area contributed by atoms with Crippen molar-refractivity contribution in [3.63, 3.8) is 0 Å². The monoisotopic (exact) mass is 310 g/mol. The molecule has 2 heterocycles. The van der Waals surface area contributed by atoms with Crippen LogP contribution in [0.4, 0.5) is 0 Å². The Labute approximate surface area is 131 Å². The molecule has 0 bridgehead atoms. The zero-order chi connectivity index (χ0) is 15.2. The molecule has 1 aromatic heterocycles. The molecule has 1 saturated heterocycles. The molecule has 1 fully saturated rings. The lowest BCUT2D eigenvalue weighted by atomic mass is 10.1. The molecule has 2 N–H and O–H groups in total. The van der Waals surface area contributed by atoms with E-state index in [1.165, 1.54) is 6.42 Å². The molecule has 0 saturated carbocycles. The first kappa shape index (κ1) is 16.5. The van der Waals surface area contributed by atoms with E-state index in [1.54, 1.807) is 11.3 Å². The largest absolute Gasteiger partial charge is 0.481 e. The highest BCUT2D eigenvalue weighted by atomic mass is 32.1. The molecular formula is C16H26N2O2S. The summed E-state index contributed by atoms with van der Waals surface area (Å²) in [4.78, 5) is 14.8. The minimum Gasteiger partial charge on any atom is -0.481 e. The number of rotatable bonds is 6. The number of nitrogens with zero attached hydrogens (tertiary/aromatic N) is 1. The van der Waals surface area contributed by atoms with Gasteiger partial charge >= 0.3 is 5.97 Å². The van der Waals surface area contributed by atoms with Crippen molar-refractivity contribution in [3.05, 3.63) is 22.4 Å². The topological polar surface area (TPSA) is 52.6 Å². The van der Waals surface area contributed by atoms with Crippen LogP contribution in [-0.2, 0) is 4.79 Å². The third kappa shape index (κ3) is 5.09. The Morgan fingerprint density at radius 1 is 1.48 bits per heavy atom. The van der Waals surface area contributed by atoms with E-state index in [0.29, 0.717) is 12.1 Å². The molecular weight excluding hydrogens is 284 g/mol. The summed E-state index contributed by atoms with van der Waals surface area (Å²) in [6, 6.07) is 4.97. The molecule has 0 amide bonds. The summed E-state index contributed by atoms with van der Waals surface area (Å²) in [5.74, 6) is -0.738. The van der Waals surface area contributed by atoms with Crippen LogP contribution in [0.15, 0.2) is 17.5 Å². The van der Waals surface area contributed by atoms with Crippen molar-refractivity contribution >= 4 is 17.3 Å². The summed E-state index contributed by atoms with van der Waals surface area (Å²) in [5.41, 5.74) is 0. The van der Waals surface area contributed by atoms with Crippen molar-refractivity contribution in [2.75, 3.05) is 13.1 Å². The molecule has 5 heteroatoms. The molecule has 118 valence electrons. The van der Waals surface area contributed by atoms with Gasteiger partial charge < -0.3 is 15.3 Å². The number of aliphatic carboxylic acids is 1. The third-order valence-corrected chi connectivity index (χ3v) is 5.18. The fourth-order valence-electron chi connectivity index (χ4n) is 2.99. The number of carbonyl (C=O) groups is 1. The van der Waals surface area contributed by atoms with Crippen LogP contribution >= 0.6 is 11.3 Å². The second kappa shape index (κ2) is 7.92. The maximum atomic E-state index is 11.1. The minimum absolute atomic E-state index is 0.0573. The standard InChI is InChI=1S/C16H26N2O2S/c1-12(2)18-8-3-5-13(7-9-18)17-14(11-16(19)20)15-6-4-10-21-15/h4,6,10,12-14,17H,3,5,7-9,11H2,1-2H3,(H,19,20). The molecule has 4 nitrogen and oxygen atoms in total. The van der Waals surface area contributed by atoms with Gasteiger partial charge in [0.2, 0.25) is 0 Å². The maximum Gasteiger partial charge on any atom is 0.305 e. The van der Waals surface area contributed by atoms with E-state index in [-0.39, 0.29) is 12.5 Å². The quantitative estimate of drug-likeness (QED) is 0.847. The average Bonchev–Trinajstić information content (AvgIpc) is 2.84. The van der Waals surface area contributed by atoms with Crippen LogP contribution in [0.3, 0.4) is 0 Å². The van der Waals surface area contributed by atoms with E-state index in [0.717, 1.165) is 30.8 Å². The Morgan fingerprint density at radius 2 is 2.29 bits per heavy atom. The highest BCUT2D eigenvalue weighted by Crippen LogP contribution is 2.24. The highest BCUT2D eigenvalue weighted by molar-refractivity contribution is 7.10. The van der Waals surface area contributed by atoms with E-state index in [9.17, 15) is 4.79 Å². The van der Waals surface area contributed by atoms with Crippen molar-refractivity contribution in [3.8, 4) is 0 Å². The van der Waals surface area contributed by atoms with Crippen molar-refractivity contribution in [1.82, 2.24) is 10.2 Å². The fraction of sp³-hybridized carbons (Fsp3) is 0.688. The first-order valence-electron chi connectivity index (χ1n) is 7.81. The summed E-state index contributed by atoms with van der Waals surface area (Å²) >= 11 is 1.64. The predicted molar refractivity (Wildman–Crippen MR) is 86.8 cm³/mol. The van der Waals surface area contributed by atoms with E-state index >= 15 is 0 Å². The molecule has 1 aromatic rings. The van der Waals surface area contributed by atoms with E-state index in [1.807, 2.05) is 17.5 Å². The lowest BCUT2D eigenvalue weighted by Crippen LogP contribution is -2.36. The molecule has 1 aliphatic rings. The molecule has 0 aromatic carbocycles. The Bertz CT molecular complexity index is 433. The van der Waals surface area contributed by atoms with Gasteiger partial charge in [-0.3, -0.25) is 4.79 Å². The van der Waals surface area contributed by atoms with Crippen LogP contribution in [0.5, 0.6) is 0 Å². The minimum atomic E-state index is -0.738. The van der Waals surface area contributed by atoms with Gasteiger partial charge in [-0.2, -0.15) is 0 Å². The van der Waals surface area contributed by atoms with Gasteiger partial charge in [0, 0.05) is 17.0 Å². The molecule has 2 atom stereocenters. The average molecular weight is 310 g/mol. The van der Waals surface area contributed by atoms with Crippen LogP contribution in [0.25, 0.3) is 0 Å². The first-order valence-corrected chi connectivity index (χ1v) is 8.69. The second-order valence-electron chi connectivity index (χ2n) is 6.09. The van der Waals surface area contributed by atoms with E-state index < -0.39 is 5.97 Å². The zero-order valence-corrected chi connectivity index (χ0v) is 13.7. The Morgan fingerprint density at radius 3 is 2.90 bits per heavy atom. The van der Waals surface area contributed by atoms with Crippen molar-refractivity contribution in [1.29, 1.82) is 0 Å². The highest BCUT2D eigenvalue weighted by Gasteiger charge is 2.23. The smallest absolute Gasteiger partial charge is 0.305 e. The van der Waals surface area contributed by atoms with E-state index in [2.05, 4.69) is 24.1 Å². The fourth-order valence-corrected chi connectivity index (χ4v) is 3.78. The van der Waals surface area contributed by atoms with Gasteiger partial charge in [-0.1, -0.05) is 6.07 Å². The summed E-state index contributed by atoms with van der Waals surface area (Å²) in [5, 5.41) is 14.7. The predicted octanol–water partition coefficient (Wildman–Crippen LogP) is 3.12. The molecule has 0 spiro atoms. The Kier molecular flexibility index (Phi) is 6.21. The van der Waals surface area contributed by atoms with Crippen molar-refractivity contribution in [2.45, 2.75) is 57.7 Å². The normalized spacial score (nSPS) is 22.1. The van der Waals surface area contributed by atoms with Gasteiger partial charge in [-0.15, -0.1) is 11.3 Å². The van der Waals surface area contributed by atoms with Gasteiger partial charge in [-0.05, 0) is 57.6 Å². The zero-order valence-electron chi connectivity index (χ0n) is 12.9. The number of hydrogen-bond donors (Lipinski definition) is 2. The van der Waals surface area contributed by atoms with Crippen LogP contribution in [0.2, 0.25) is 0 Å². The third-order valence-electron chi connectivity index (χ3n) is 4.20. The van der Waals surface area contributed by atoms with Crippen molar-refractivity contribution in [2.24, 2.45) is 0 Å². The maximum absolute atomic E-state index is 11.1. The van der Waals surface area contributed by atoms with Crippen LogP contribution in [0.1, 0.15) is 50.4 Å². The van der Waals surface area contributed by atoms with Crippen molar-refractivity contribution < 1.29 is 9.90 Å². The van der Waals surface area contributed by atoms with Crippen LogP contribution < -0.4 is 5.32 Å². The summed E-state index contributed by atoms with van der Waals surface area (Å²) < 4.78 is 0. The molecule has 2 rings (SSSR count).